The lowest BCUT2D eigenvalue weighted by atomic mass is 10.0. The minimum Gasteiger partial charge on any atom is -0.489 e. The van der Waals surface area contributed by atoms with Crippen molar-refractivity contribution in [2.75, 3.05) is 6.54 Å². The van der Waals surface area contributed by atoms with Crippen LogP contribution in [-0.4, -0.2) is 18.2 Å². The van der Waals surface area contributed by atoms with E-state index in [4.69, 9.17) is 4.74 Å². The van der Waals surface area contributed by atoms with Gasteiger partial charge < -0.3 is 10.1 Å². The van der Waals surface area contributed by atoms with Crippen molar-refractivity contribution in [2.45, 2.75) is 59.1 Å². The minimum absolute atomic E-state index is 0.123. The maximum absolute atomic E-state index is 6.07. The van der Waals surface area contributed by atoms with Gasteiger partial charge in [0.15, 0.2) is 0 Å². The average molecular weight is 328 g/mol. The molecular formula is C16H26BrNO. The molecular weight excluding hydrogens is 302 g/mol. The fraction of sp³-hybridized carbons (Fsp3) is 0.625. The number of ether oxygens (including phenoxy) is 1. The Bertz CT molecular complexity index is 410. The van der Waals surface area contributed by atoms with Crippen molar-refractivity contribution in [3.63, 3.8) is 0 Å². The van der Waals surface area contributed by atoms with Gasteiger partial charge in [0.05, 0.1) is 0 Å². The fourth-order valence-corrected chi connectivity index (χ4v) is 2.16. The van der Waals surface area contributed by atoms with Crippen molar-refractivity contribution in [3.05, 3.63) is 28.2 Å². The SMILES string of the molecule is CC(CNC(C)(C)C)Oc1ccc(Br)cc1C(C)C. The van der Waals surface area contributed by atoms with Crippen LogP contribution in [0.2, 0.25) is 0 Å². The van der Waals surface area contributed by atoms with Crippen molar-refractivity contribution in [1.82, 2.24) is 5.32 Å². The van der Waals surface area contributed by atoms with Crippen LogP contribution >= 0.6 is 15.9 Å². The molecule has 1 aromatic carbocycles. The smallest absolute Gasteiger partial charge is 0.123 e. The Morgan fingerprint density at radius 1 is 1.21 bits per heavy atom. The summed E-state index contributed by atoms with van der Waals surface area (Å²) in [7, 11) is 0. The Labute approximate surface area is 126 Å². The molecule has 108 valence electrons. The molecule has 0 fully saturated rings. The Morgan fingerprint density at radius 2 is 1.84 bits per heavy atom. The van der Waals surface area contributed by atoms with Gasteiger partial charge >= 0.3 is 0 Å². The van der Waals surface area contributed by atoms with Crippen LogP contribution in [0.3, 0.4) is 0 Å². The first-order valence-electron chi connectivity index (χ1n) is 6.90. The zero-order valence-electron chi connectivity index (χ0n) is 12.9. The molecule has 1 rings (SSSR count). The number of benzene rings is 1. The van der Waals surface area contributed by atoms with Gasteiger partial charge in [0.1, 0.15) is 11.9 Å². The van der Waals surface area contributed by atoms with Gasteiger partial charge in [-0.15, -0.1) is 0 Å². The normalized spacial score (nSPS) is 13.7. The minimum atomic E-state index is 0.123. The fourth-order valence-electron chi connectivity index (χ4n) is 1.79. The van der Waals surface area contributed by atoms with E-state index < -0.39 is 0 Å². The van der Waals surface area contributed by atoms with E-state index in [1.165, 1.54) is 5.56 Å². The molecule has 0 aliphatic rings. The molecule has 0 radical (unpaired) electrons. The van der Waals surface area contributed by atoms with E-state index in [0.29, 0.717) is 5.92 Å². The van der Waals surface area contributed by atoms with E-state index in [2.05, 4.69) is 68.9 Å². The quantitative estimate of drug-likeness (QED) is 0.844. The van der Waals surface area contributed by atoms with Crippen LogP contribution in [-0.2, 0) is 0 Å². The van der Waals surface area contributed by atoms with Crippen LogP contribution in [0.1, 0.15) is 53.0 Å². The van der Waals surface area contributed by atoms with Crippen molar-refractivity contribution in [1.29, 1.82) is 0 Å². The molecule has 0 aliphatic carbocycles. The zero-order valence-corrected chi connectivity index (χ0v) is 14.5. The Hall–Kier alpha value is -0.540. The first-order valence-corrected chi connectivity index (χ1v) is 7.69. The summed E-state index contributed by atoms with van der Waals surface area (Å²) in [5, 5.41) is 3.47. The zero-order chi connectivity index (χ0) is 14.6. The van der Waals surface area contributed by atoms with Crippen LogP contribution in [0.5, 0.6) is 5.75 Å². The van der Waals surface area contributed by atoms with Crippen molar-refractivity contribution >= 4 is 15.9 Å². The summed E-state index contributed by atoms with van der Waals surface area (Å²) in [6, 6.07) is 6.22. The van der Waals surface area contributed by atoms with Crippen LogP contribution in [0.4, 0.5) is 0 Å². The highest BCUT2D eigenvalue weighted by molar-refractivity contribution is 9.10. The first kappa shape index (κ1) is 16.5. The molecule has 3 heteroatoms. The average Bonchev–Trinajstić information content (AvgIpc) is 2.28. The van der Waals surface area contributed by atoms with Crippen molar-refractivity contribution in [3.8, 4) is 5.75 Å². The number of hydrogen-bond donors (Lipinski definition) is 1. The molecule has 0 saturated heterocycles. The van der Waals surface area contributed by atoms with Crippen LogP contribution in [0.15, 0.2) is 22.7 Å². The van der Waals surface area contributed by atoms with E-state index in [1.54, 1.807) is 0 Å². The summed E-state index contributed by atoms with van der Waals surface area (Å²) in [5.41, 5.74) is 1.37. The van der Waals surface area contributed by atoms with Gasteiger partial charge in [-0.2, -0.15) is 0 Å². The molecule has 2 nitrogen and oxygen atoms in total. The third kappa shape index (κ3) is 5.96. The first-order chi connectivity index (χ1) is 8.69. The number of hydrogen-bond acceptors (Lipinski definition) is 2. The third-order valence-electron chi connectivity index (χ3n) is 2.84. The molecule has 0 saturated carbocycles. The summed E-state index contributed by atoms with van der Waals surface area (Å²) in [6.45, 7) is 13.8. The number of nitrogens with one attached hydrogen (secondary N) is 1. The molecule has 1 N–H and O–H groups in total. The Morgan fingerprint density at radius 3 is 2.37 bits per heavy atom. The van der Waals surface area contributed by atoms with Gasteiger partial charge in [0, 0.05) is 16.6 Å². The molecule has 0 aliphatic heterocycles. The van der Waals surface area contributed by atoms with E-state index in [9.17, 15) is 0 Å². The second-order valence-electron chi connectivity index (χ2n) is 6.40. The highest BCUT2D eigenvalue weighted by Gasteiger charge is 2.14. The molecule has 1 atom stereocenters. The van der Waals surface area contributed by atoms with Crippen LogP contribution in [0, 0.1) is 0 Å². The monoisotopic (exact) mass is 327 g/mol. The van der Waals surface area contributed by atoms with Gasteiger partial charge in [-0.05, 0) is 57.4 Å². The summed E-state index contributed by atoms with van der Waals surface area (Å²) in [4.78, 5) is 0. The lowest BCUT2D eigenvalue weighted by Crippen LogP contribution is -2.41. The summed E-state index contributed by atoms with van der Waals surface area (Å²) >= 11 is 3.52. The van der Waals surface area contributed by atoms with Gasteiger partial charge in [0.2, 0.25) is 0 Å². The molecule has 0 heterocycles. The predicted molar refractivity (Wildman–Crippen MR) is 86.1 cm³/mol. The van der Waals surface area contributed by atoms with Crippen molar-refractivity contribution < 1.29 is 4.74 Å². The number of rotatable bonds is 5. The lowest BCUT2D eigenvalue weighted by Gasteiger charge is -2.25. The molecule has 19 heavy (non-hydrogen) atoms. The van der Waals surface area contributed by atoms with E-state index >= 15 is 0 Å². The Kier molecular flexibility index (Phi) is 5.87. The summed E-state index contributed by atoms with van der Waals surface area (Å²) in [5.74, 6) is 1.44. The van der Waals surface area contributed by atoms with Gasteiger partial charge in [-0.3, -0.25) is 0 Å². The predicted octanol–water partition coefficient (Wildman–Crippen LogP) is 4.73. The molecule has 1 aromatic rings. The van der Waals surface area contributed by atoms with Gasteiger partial charge in [-0.1, -0.05) is 29.8 Å². The van der Waals surface area contributed by atoms with Crippen molar-refractivity contribution in [2.24, 2.45) is 0 Å². The molecule has 0 amide bonds. The molecule has 0 aromatic heterocycles. The Balaban J connectivity index is 2.71. The molecule has 1 unspecified atom stereocenters. The highest BCUT2D eigenvalue weighted by atomic mass is 79.9. The molecule has 0 bridgehead atoms. The summed E-state index contributed by atoms with van der Waals surface area (Å²) < 4.78 is 7.17. The lowest BCUT2D eigenvalue weighted by molar-refractivity contribution is 0.201. The standard InChI is InChI=1S/C16H26BrNO/c1-11(2)14-9-13(17)7-8-15(14)19-12(3)10-18-16(4,5)6/h7-9,11-12,18H,10H2,1-6H3. The number of halogens is 1. The van der Waals surface area contributed by atoms with E-state index in [0.717, 1.165) is 16.8 Å². The second kappa shape index (κ2) is 6.76. The van der Waals surface area contributed by atoms with Gasteiger partial charge in [-0.25, -0.2) is 0 Å². The van der Waals surface area contributed by atoms with Gasteiger partial charge in [0.25, 0.3) is 0 Å². The van der Waals surface area contributed by atoms with E-state index in [-0.39, 0.29) is 11.6 Å². The van der Waals surface area contributed by atoms with E-state index in [1.807, 2.05) is 12.1 Å². The molecule has 0 spiro atoms. The maximum atomic E-state index is 6.07. The topological polar surface area (TPSA) is 21.3 Å². The second-order valence-corrected chi connectivity index (χ2v) is 7.31. The highest BCUT2D eigenvalue weighted by Crippen LogP contribution is 2.30. The van der Waals surface area contributed by atoms with Crippen LogP contribution < -0.4 is 10.1 Å². The largest absolute Gasteiger partial charge is 0.489 e. The summed E-state index contributed by atoms with van der Waals surface area (Å²) in [6.07, 6.45) is 0.151. The third-order valence-corrected chi connectivity index (χ3v) is 3.34. The van der Waals surface area contributed by atoms with Crippen LogP contribution in [0.25, 0.3) is 0 Å². The maximum Gasteiger partial charge on any atom is 0.123 e.